The number of carbonyl (C=O) groups excluding carboxylic acids is 1. The topological polar surface area (TPSA) is 34.1 Å². The van der Waals surface area contributed by atoms with Crippen molar-refractivity contribution in [3.8, 4) is 0 Å². The first kappa shape index (κ1) is 13.6. The Morgan fingerprint density at radius 2 is 1.35 bits per heavy atom. The molecule has 0 aliphatic carbocycles. The van der Waals surface area contributed by atoms with Gasteiger partial charge >= 0.3 is 0 Å². The van der Waals surface area contributed by atoms with Crippen LogP contribution in [0.15, 0.2) is 48.5 Å². The van der Waals surface area contributed by atoms with Crippen LogP contribution in [0.3, 0.4) is 0 Å². The number of carbonyl (C=O) groups is 1. The standard InChI is InChI=1S/C10H8.C4H8O2S/c1-2-6-10-8-4-3-7-9(10)5-1;1-4(5)3-7(2)6/h1-8H;3H2,1-2H3. The highest BCUT2D eigenvalue weighted by Gasteiger charge is 1.93. The molecule has 0 aliphatic heterocycles. The van der Waals surface area contributed by atoms with Crippen LogP contribution in [0, 0.1) is 0 Å². The zero-order chi connectivity index (χ0) is 12.7. The molecule has 90 valence electrons. The van der Waals surface area contributed by atoms with Crippen molar-refractivity contribution in [2.45, 2.75) is 6.92 Å². The van der Waals surface area contributed by atoms with Crippen molar-refractivity contribution in [3.63, 3.8) is 0 Å². The molecule has 0 aromatic heterocycles. The Morgan fingerprint density at radius 1 is 1.00 bits per heavy atom. The summed E-state index contributed by atoms with van der Waals surface area (Å²) in [5, 5.41) is 2.62. The first-order valence-electron chi connectivity index (χ1n) is 5.33. The van der Waals surface area contributed by atoms with E-state index < -0.39 is 10.8 Å². The Bertz CT molecular complexity index is 443. The summed E-state index contributed by atoms with van der Waals surface area (Å²) in [6, 6.07) is 16.7. The lowest BCUT2D eigenvalue weighted by atomic mass is 10.1. The van der Waals surface area contributed by atoms with Crippen LogP contribution in [0.4, 0.5) is 0 Å². The molecule has 0 spiro atoms. The molecule has 0 amide bonds. The lowest BCUT2D eigenvalue weighted by molar-refractivity contribution is -0.114. The van der Waals surface area contributed by atoms with Crippen molar-refractivity contribution in [1.29, 1.82) is 0 Å². The monoisotopic (exact) mass is 248 g/mol. The van der Waals surface area contributed by atoms with E-state index in [9.17, 15) is 9.00 Å². The van der Waals surface area contributed by atoms with Crippen LogP contribution in [-0.4, -0.2) is 22.0 Å². The lowest BCUT2D eigenvalue weighted by Crippen LogP contribution is -2.03. The molecule has 2 rings (SSSR count). The summed E-state index contributed by atoms with van der Waals surface area (Å²) in [5.41, 5.74) is 0. The second-order valence-corrected chi connectivity index (χ2v) is 5.20. The molecule has 0 aliphatic rings. The molecule has 17 heavy (non-hydrogen) atoms. The molecule has 0 N–H and O–H groups in total. The summed E-state index contributed by atoms with van der Waals surface area (Å²) in [6.45, 7) is 1.43. The van der Waals surface area contributed by atoms with Crippen molar-refractivity contribution < 1.29 is 9.00 Å². The van der Waals surface area contributed by atoms with Crippen LogP contribution in [0.2, 0.25) is 0 Å². The van der Waals surface area contributed by atoms with Gasteiger partial charge < -0.3 is 0 Å². The van der Waals surface area contributed by atoms with E-state index in [1.165, 1.54) is 24.0 Å². The third-order valence-corrected chi connectivity index (χ3v) is 2.88. The van der Waals surface area contributed by atoms with Gasteiger partial charge in [-0.3, -0.25) is 9.00 Å². The van der Waals surface area contributed by atoms with Crippen molar-refractivity contribution in [3.05, 3.63) is 48.5 Å². The van der Waals surface area contributed by atoms with Crippen LogP contribution >= 0.6 is 0 Å². The van der Waals surface area contributed by atoms with Crippen LogP contribution in [0.5, 0.6) is 0 Å². The molecule has 2 aromatic rings. The van der Waals surface area contributed by atoms with E-state index in [0.717, 1.165) is 0 Å². The summed E-state index contributed by atoms with van der Waals surface area (Å²) in [5.74, 6) is 0.181. The second kappa shape index (κ2) is 6.97. The molecule has 3 heteroatoms. The molecular weight excluding hydrogens is 232 g/mol. The maximum absolute atomic E-state index is 10.1. The molecule has 0 saturated heterocycles. The quantitative estimate of drug-likeness (QED) is 0.819. The molecule has 2 nitrogen and oxygen atoms in total. The third kappa shape index (κ3) is 5.41. The fourth-order valence-electron chi connectivity index (χ4n) is 1.42. The number of hydrogen-bond donors (Lipinski definition) is 0. The highest BCUT2D eigenvalue weighted by atomic mass is 32.2. The predicted octanol–water partition coefficient (Wildman–Crippen LogP) is 2.79. The molecule has 0 heterocycles. The first-order chi connectivity index (χ1) is 8.09. The molecule has 1 atom stereocenters. The van der Waals surface area contributed by atoms with E-state index in [1.807, 2.05) is 0 Å². The highest BCUT2D eigenvalue weighted by Crippen LogP contribution is 2.11. The van der Waals surface area contributed by atoms with Crippen molar-refractivity contribution in [1.82, 2.24) is 0 Å². The minimum absolute atomic E-state index is 0.0131. The Kier molecular flexibility index (Phi) is 5.57. The maximum atomic E-state index is 10.1. The summed E-state index contributed by atoms with van der Waals surface area (Å²) < 4.78 is 10.1. The van der Waals surface area contributed by atoms with E-state index >= 15 is 0 Å². The number of ketones is 1. The van der Waals surface area contributed by atoms with Gasteiger partial charge in [-0.1, -0.05) is 48.5 Å². The fraction of sp³-hybridized carbons (Fsp3) is 0.214. The van der Waals surface area contributed by atoms with Gasteiger partial charge in [-0.2, -0.15) is 0 Å². The Labute approximate surface area is 104 Å². The SMILES string of the molecule is CC(=O)CS(C)=O.c1ccc2ccccc2c1. The summed E-state index contributed by atoms with van der Waals surface area (Å²) >= 11 is 0. The highest BCUT2D eigenvalue weighted by molar-refractivity contribution is 7.85. The molecule has 2 aromatic carbocycles. The van der Waals surface area contributed by atoms with Gasteiger partial charge in [0.05, 0.1) is 5.75 Å². The van der Waals surface area contributed by atoms with E-state index in [-0.39, 0.29) is 11.5 Å². The first-order valence-corrected chi connectivity index (χ1v) is 7.05. The number of benzene rings is 2. The molecule has 1 unspecified atom stereocenters. The van der Waals surface area contributed by atoms with E-state index in [4.69, 9.17) is 0 Å². The Balaban J connectivity index is 0.000000185. The zero-order valence-electron chi connectivity index (χ0n) is 10.1. The number of hydrogen-bond acceptors (Lipinski definition) is 2. The van der Waals surface area contributed by atoms with Crippen molar-refractivity contribution in [2.75, 3.05) is 12.0 Å². The van der Waals surface area contributed by atoms with Crippen LogP contribution < -0.4 is 0 Å². The molecule has 0 saturated carbocycles. The molecular formula is C14H16O2S. The Morgan fingerprint density at radius 3 is 1.53 bits per heavy atom. The van der Waals surface area contributed by atoms with Gasteiger partial charge in [0.1, 0.15) is 5.78 Å². The van der Waals surface area contributed by atoms with Crippen LogP contribution in [-0.2, 0) is 15.6 Å². The fourth-order valence-corrected chi connectivity index (χ4v) is 1.99. The zero-order valence-corrected chi connectivity index (χ0v) is 10.9. The Hall–Kier alpha value is -1.48. The van der Waals surface area contributed by atoms with Crippen LogP contribution in [0.25, 0.3) is 10.8 Å². The average molecular weight is 248 g/mol. The lowest BCUT2D eigenvalue weighted by Gasteiger charge is -1.92. The largest absolute Gasteiger partial charge is 0.299 e. The summed E-state index contributed by atoms with van der Waals surface area (Å²) in [6.07, 6.45) is 1.52. The maximum Gasteiger partial charge on any atom is 0.142 e. The van der Waals surface area contributed by atoms with Gasteiger partial charge in [0.15, 0.2) is 0 Å². The number of rotatable bonds is 2. The van der Waals surface area contributed by atoms with Gasteiger partial charge in [-0.05, 0) is 17.7 Å². The van der Waals surface area contributed by atoms with Gasteiger partial charge in [-0.15, -0.1) is 0 Å². The van der Waals surface area contributed by atoms with Crippen molar-refractivity contribution >= 4 is 27.4 Å². The number of Topliss-reactive ketones (excluding diaryl/α,β-unsaturated/α-hetero) is 1. The van der Waals surface area contributed by atoms with E-state index in [1.54, 1.807) is 0 Å². The molecule has 0 bridgehead atoms. The van der Waals surface area contributed by atoms with Gasteiger partial charge in [0.2, 0.25) is 0 Å². The summed E-state index contributed by atoms with van der Waals surface area (Å²) in [7, 11) is -0.945. The van der Waals surface area contributed by atoms with E-state index in [0.29, 0.717) is 0 Å². The van der Waals surface area contributed by atoms with E-state index in [2.05, 4.69) is 48.5 Å². The van der Waals surface area contributed by atoms with Gasteiger partial charge in [0.25, 0.3) is 0 Å². The average Bonchev–Trinajstić information content (AvgIpc) is 2.28. The minimum atomic E-state index is -0.945. The van der Waals surface area contributed by atoms with Crippen molar-refractivity contribution in [2.24, 2.45) is 0 Å². The predicted molar refractivity (Wildman–Crippen MR) is 73.6 cm³/mol. The normalized spacial score (nSPS) is 11.4. The second-order valence-electron chi connectivity index (χ2n) is 3.77. The minimum Gasteiger partial charge on any atom is -0.299 e. The third-order valence-electron chi connectivity index (χ3n) is 2.07. The summed E-state index contributed by atoms with van der Waals surface area (Å²) in [4.78, 5) is 10.1. The van der Waals surface area contributed by atoms with Gasteiger partial charge in [-0.25, -0.2) is 0 Å². The van der Waals surface area contributed by atoms with Crippen LogP contribution in [0.1, 0.15) is 6.92 Å². The smallest absolute Gasteiger partial charge is 0.142 e. The molecule has 0 radical (unpaired) electrons. The molecule has 0 fully saturated rings. The number of fused-ring (bicyclic) bond motifs is 1. The van der Waals surface area contributed by atoms with Gasteiger partial charge in [0, 0.05) is 17.1 Å².